The van der Waals surface area contributed by atoms with Crippen LogP contribution < -0.4 is 9.64 Å². The van der Waals surface area contributed by atoms with E-state index >= 15 is 0 Å². The zero-order valence-corrected chi connectivity index (χ0v) is 22.8. The largest absolute Gasteiger partial charge is 0.436 e. The number of pyridine rings is 2. The van der Waals surface area contributed by atoms with Gasteiger partial charge in [-0.05, 0) is 38.1 Å². The number of aliphatic hydroxyl groups is 1. The Morgan fingerprint density at radius 2 is 1.83 bits per heavy atom. The third-order valence-electron chi connectivity index (χ3n) is 6.87. The first-order valence-electron chi connectivity index (χ1n) is 13.3. The lowest BCUT2D eigenvalue weighted by molar-refractivity contribution is -0.142. The van der Waals surface area contributed by atoms with Gasteiger partial charge in [0.1, 0.15) is 12.3 Å². The maximum atomic E-state index is 13.0. The molecule has 0 aliphatic carbocycles. The van der Waals surface area contributed by atoms with Crippen molar-refractivity contribution in [1.29, 1.82) is 0 Å². The lowest BCUT2D eigenvalue weighted by Crippen LogP contribution is -2.36. The van der Waals surface area contributed by atoms with E-state index in [1.807, 2.05) is 12.1 Å². The van der Waals surface area contributed by atoms with Gasteiger partial charge in [0.05, 0.1) is 54.3 Å². The van der Waals surface area contributed by atoms with E-state index in [4.69, 9.17) is 14.5 Å². The van der Waals surface area contributed by atoms with E-state index in [-0.39, 0.29) is 0 Å². The van der Waals surface area contributed by atoms with Gasteiger partial charge in [0, 0.05) is 42.0 Å². The van der Waals surface area contributed by atoms with Crippen LogP contribution in [0.3, 0.4) is 0 Å². The Balaban J connectivity index is 1.27. The molecule has 0 aromatic carbocycles. The smallest absolute Gasteiger partial charge is 0.408 e. The second-order valence-corrected chi connectivity index (χ2v) is 9.94. The Kier molecular flexibility index (Phi) is 7.24. The Labute approximate surface area is 238 Å². The molecule has 0 saturated carbocycles. The van der Waals surface area contributed by atoms with Crippen molar-refractivity contribution < 1.29 is 27.8 Å². The number of fused-ring (bicyclic) bond motifs is 1. The van der Waals surface area contributed by atoms with Crippen molar-refractivity contribution >= 4 is 11.3 Å². The van der Waals surface area contributed by atoms with Crippen LogP contribution in [0.1, 0.15) is 24.3 Å². The molecular weight excluding hydrogens is 553 g/mol. The van der Waals surface area contributed by atoms with Gasteiger partial charge in [-0.1, -0.05) is 6.07 Å². The molecule has 11 nitrogen and oxygen atoms in total. The number of aryl methyl sites for hydroxylation is 1. The van der Waals surface area contributed by atoms with Gasteiger partial charge in [-0.25, -0.2) is 9.50 Å². The molecule has 1 aliphatic rings. The molecule has 0 amide bonds. The summed E-state index contributed by atoms with van der Waals surface area (Å²) in [7, 11) is 0. The number of rotatable bonds is 7. The van der Waals surface area contributed by atoms with Crippen LogP contribution in [0.2, 0.25) is 0 Å². The van der Waals surface area contributed by atoms with Gasteiger partial charge in [0.25, 0.3) is 0 Å². The van der Waals surface area contributed by atoms with Crippen molar-refractivity contribution in [3.8, 4) is 34.1 Å². The fraction of sp³-hybridized carbons (Fsp3) is 0.321. The van der Waals surface area contributed by atoms with Crippen LogP contribution in [0.5, 0.6) is 11.6 Å². The molecule has 1 saturated heterocycles. The molecule has 1 atom stereocenters. The Bertz CT molecular complexity index is 1710. The summed E-state index contributed by atoms with van der Waals surface area (Å²) in [5, 5.41) is 27.3. The molecule has 218 valence electrons. The molecule has 1 unspecified atom stereocenters. The predicted octanol–water partition coefficient (Wildman–Crippen LogP) is 4.60. The molecule has 0 spiro atoms. The van der Waals surface area contributed by atoms with Crippen LogP contribution in [-0.4, -0.2) is 72.2 Å². The summed E-state index contributed by atoms with van der Waals surface area (Å²) < 4.78 is 52.7. The first-order chi connectivity index (χ1) is 20.1. The lowest BCUT2D eigenvalue weighted by atomic mass is 10.0. The van der Waals surface area contributed by atoms with Gasteiger partial charge in [-0.2, -0.15) is 23.4 Å². The number of aromatic nitrogens is 7. The van der Waals surface area contributed by atoms with Crippen LogP contribution >= 0.6 is 0 Å². The van der Waals surface area contributed by atoms with Gasteiger partial charge in [0.2, 0.25) is 5.88 Å². The fourth-order valence-electron chi connectivity index (χ4n) is 4.86. The summed E-state index contributed by atoms with van der Waals surface area (Å²) in [6.45, 7) is 4.78. The van der Waals surface area contributed by atoms with Gasteiger partial charge in [-0.3, -0.25) is 4.68 Å². The maximum absolute atomic E-state index is 13.0. The highest BCUT2D eigenvalue weighted by atomic mass is 19.4. The summed E-state index contributed by atoms with van der Waals surface area (Å²) in [5.41, 5.74) is 3.55. The minimum absolute atomic E-state index is 0.334. The molecule has 42 heavy (non-hydrogen) atoms. The minimum Gasteiger partial charge on any atom is -0.436 e. The second kappa shape index (κ2) is 11.0. The van der Waals surface area contributed by atoms with E-state index in [1.54, 1.807) is 55.0 Å². The number of aliphatic hydroxyl groups excluding tert-OH is 1. The maximum Gasteiger partial charge on any atom is 0.408 e. The SMILES string of the molecule is Cc1nn(CC(F)(F)F)cc1-c1nc(-c2cnn3cc(Oc4ccc(N5CCOCC5)nn4)ccc23)ccc1C(C)O. The van der Waals surface area contributed by atoms with E-state index < -0.39 is 18.8 Å². The van der Waals surface area contributed by atoms with Crippen molar-refractivity contribution in [2.24, 2.45) is 0 Å². The molecule has 14 heteroatoms. The molecule has 1 N–H and O–H groups in total. The summed E-state index contributed by atoms with van der Waals surface area (Å²) in [6.07, 6.45) is -0.675. The highest BCUT2D eigenvalue weighted by Crippen LogP contribution is 2.34. The number of halogens is 3. The van der Waals surface area contributed by atoms with E-state index in [2.05, 4.69) is 25.3 Å². The summed E-state index contributed by atoms with van der Waals surface area (Å²) in [5.74, 6) is 1.59. The molecule has 6 heterocycles. The van der Waals surface area contributed by atoms with Crippen molar-refractivity contribution in [3.63, 3.8) is 0 Å². The Morgan fingerprint density at radius 1 is 1.02 bits per heavy atom. The summed E-state index contributed by atoms with van der Waals surface area (Å²) in [4.78, 5) is 6.85. The molecule has 0 bridgehead atoms. The minimum atomic E-state index is -4.42. The van der Waals surface area contributed by atoms with Gasteiger partial charge in [-0.15, -0.1) is 10.2 Å². The Morgan fingerprint density at radius 3 is 2.55 bits per heavy atom. The summed E-state index contributed by atoms with van der Waals surface area (Å²) in [6, 6.07) is 10.7. The number of hydrogen-bond donors (Lipinski definition) is 1. The zero-order chi connectivity index (χ0) is 29.4. The molecule has 5 aromatic rings. The highest BCUT2D eigenvalue weighted by molar-refractivity contribution is 5.80. The number of morpholine rings is 1. The fourth-order valence-corrected chi connectivity index (χ4v) is 4.86. The zero-order valence-electron chi connectivity index (χ0n) is 22.8. The predicted molar refractivity (Wildman–Crippen MR) is 146 cm³/mol. The highest BCUT2D eigenvalue weighted by Gasteiger charge is 2.29. The third-order valence-corrected chi connectivity index (χ3v) is 6.87. The van der Waals surface area contributed by atoms with Gasteiger partial charge in [0.15, 0.2) is 5.82 Å². The number of ether oxygens (including phenoxy) is 2. The topological polar surface area (TPSA) is 116 Å². The van der Waals surface area contributed by atoms with Crippen LogP contribution in [-0.2, 0) is 11.3 Å². The number of hydrogen-bond acceptors (Lipinski definition) is 9. The van der Waals surface area contributed by atoms with Crippen LogP contribution in [0.25, 0.3) is 28.0 Å². The first kappa shape index (κ1) is 27.6. The lowest BCUT2D eigenvalue weighted by Gasteiger charge is -2.27. The van der Waals surface area contributed by atoms with Crippen LogP contribution in [0.4, 0.5) is 19.0 Å². The average Bonchev–Trinajstić information content (AvgIpc) is 3.55. The third kappa shape index (κ3) is 5.76. The molecule has 1 aliphatic heterocycles. The molecule has 1 fully saturated rings. The summed E-state index contributed by atoms with van der Waals surface area (Å²) >= 11 is 0. The van der Waals surface area contributed by atoms with Gasteiger partial charge >= 0.3 is 6.18 Å². The van der Waals surface area contributed by atoms with Crippen molar-refractivity contribution in [1.82, 2.24) is 34.6 Å². The number of anilines is 1. The molecule has 6 rings (SSSR count). The van der Waals surface area contributed by atoms with E-state index in [0.717, 1.165) is 29.1 Å². The number of alkyl halides is 3. The van der Waals surface area contributed by atoms with Crippen LogP contribution in [0, 0.1) is 6.92 Å². The second-order valence-electron chi connectivity index (χ2n) is 9.94. The normalized spacial score (nSPS) is 14.9. The van der Waals surface area contributed by atoms with E-state index in [1.165, 1.54) is 6.20 Å². The quantitative estimate of drug-likeness (QED) is 0.295. The molecule has 5 aromatic heterocycles. The van der Waals surface area contributed by atoms with E-state index in [0.29, 0.717) is 58.6 Å². The first-order valence-corrected chi connectivity index (χ1v) is 13.3. The van der Waals surface area contributed by atoms with Crippen molar-refractivity contribution in [2.75, 3.05) is 31.2 Å². The monoisotopic (exact) mass is 580 g/mol. The van der Waals surface area contributed by atoms with Crippen molar-refractivity contribution in [3.05, 3.63) is 66.2 Å². The Hall–Kier alpha value is -4.56. The standard InChI is InChI=1S/C28H27F3N8O3/c1-17-22(15-38(36-17)16-28(29,30)31)27-20(18(2)40)4-5-23(33-27)21-13-32-39-14-19(3-6-24(21)39)42-26-8-7-25(34-35-26)37-9-11-41-12-10-37/h3-8,13-15,18,40H,9-12,16H2,1-2H3. The average molecular weight is 581 g/mol. The number of nitrogens with zero attached hydrogens (tertiary/aromatic N) is 8. The van der Waals surface area contributed by atoms with Crippen LogP contribution in [0.15, 0.2) is 55.0 Å². The molecular formula is C28H27F3N8O3. The molecule has 0 radical (unpaired) electrons. The van der Waals surface area contributed by atoms with Gasteiger partial charge < -0.3 is 19.5 Å². The van der Waals surface area contributed by atoms with E-state index in [9.17, 15) is 18.3 Å². The van der Waals surface area contributed by atoms with Crippen molar-refractivity contribution in [2.45, 2.75) is 32.7 Å².